The molecule has 0 saturated carbocycles. The average Bonchev–Trinajstić information content (AvgIpc) is 3.12. The van der Waals surface area contributed by atoms with Crippen molar-refractivity contribution in [1.29, 1.82) is 0 Å². The predicted octanol–water partition coefficient (Wildman–Crippen LogP) is 1.07. The van der Waals surface area contributed by atoms with Crippen LogP contribution in [0.2, 0.25) is 0 Å². The lowest BCUT2D eigenvalue weighted by atomic mass is 9.99. The second kappa shape index (κ2) is 10.8. The molecule has 5 atom stereocenters. The minimum atomic E-state index is -1.59. The van der Waals surface area contributed by atoms with Crippen molar-refractivity contribution in [2.24, 2.45) is 0 Å². The van der Waals surface area contributed by atoms with Crippen molar-refractivity contribution >= 4 is 6.16 Å². The lowest BCUT2D eigenvalue weighted by Crippen LogP contribution is -2.60. The van der Waals surface area contributed by atoms with Crippen LogP contribution in [0, 0.1) is 6.92 Å². The molecule has 1 aromatic carbocycles. The molecule has 11 heteroatoms. The van der Waals surface area contributed by atoms with Crippen molar-refractivity contribution in [2.75, 3.05) is 13.7 Å². The van der Waals surface area contributed by atoms with E-state index >= 15 is 0 Å². The average molecular weight is 466 g/mol. The number of hydrogen-bond donors (Lipinski definition) is 4. The summed E-state index contributed by atoms with van der Waals surface area (Å²) in [5.41, 5.74) is 2.46. The number of aryl methyl sites for hydroxylation is 1. The molecule has 2 heterocycles. The number of aromatic nitrogens is 2. The smallest absolute Gasteiger partial charge is 0.491 e. The normalized spacial score (nSPS) is 25.0. The zero-order valence-electron chi connectivity index (χ0n) is 18.9. The highest BCUT2D eigenvalue weighted by molar-refractivity contribution is 5.59. The van der Waals surface area contributed by atoms with Crippen molar-refractivity contribution < 1.29 is 43.8 Å². The summed E-state index contributed by atoms with van der Waals surface area (Å²) in [6.07, 6.45) is -7.59. The highest BCUT2D eigenvalue weighted by atomic mass is 16.7. The Morgan fingerprint density at radius 2 is 1.85 bits per heavy atom. The van der Waals surface area contributed by atoms with E-state index in [0.29, 0.717) is 6.42 Å². The molecule has 1 unspecified atom stereocenters. The zero-order chi connectivity index (χ0) is 24.1. The van der Waals surface area contributed by atoms with Crippen LogP contribution in [0.1, 0.15) is 30.7 Å². The number of H-pyrrole nitrogens is 1. The van der Waals surface area contributed by atoms with E-state index in [9.17, 15) is 20.1 Å². The number of carbonyl (C=O) groups excluding carboxylic acids is 1. The Morgan fingerprint density at radius 3 is 2.48 bits per heavy atom. The highest BCUT2D eigenvalue weighted by Crippen LogP contribution is 2.28. The van der Waals surface area contributed by atoms with Gasteiger partial charge in [-0.2, -0.15) is 0 Å². The van der Waals surface area contributed by atoms with Gasteiger partial charge in [0.25, 0.3) is 0 Å². The molecule has 1 aliphatic rings. The van der Waals surface area contributed by atoms with Crippen molar-refractivity contribution in [3.63, 3.8) is 0 Å². The molecule has 1 aliphatic heterocycles. The first-order valence-corrected chi connectivity index (χ1v) is 10.6. The second-order valence-electron chi connectivity index (χ2n) is 8.02. The van der Waals surface area contributed by atoms with Crippen molar-refractivity contribution in [2.45, 2.75) is 64.0 Å². The standard InChI is InChI=1S/C22H30N2O9/c1-11(2)31-14-7-5-13(6-8-14)9-15-12(3)23-24-20(15)33-21-19(27)18(26)17(25)16(32-21)10-30-22(28)29-4/h5-8,11,16-19,21,25-27H,9-10H2,1-4H3,(H,23,24)/t16-,17-,18+,19-,21?/m1/s1. The van der Waals surface area contributed by atoms with Gasteiger partial charge in [0.15, 0.2) is 0 Å². The van der Waals surface area contributed by atoms with E-state index in [1.807, 2.05) is 45.0 Å². The summed E-state index contributed by atoms with van der Waals surface area (Å²) >= 11 is 0. The Bertz CT molecular complexity index is 915. The van der Waals surface area contributed by atoms with Crippen LogP contribution in [0.3, 0.4) is 0 Å². The number of aliphatic hydroxyl groups excluding tert-OH is 3. The highest BCUT2D eigenvalue weighted by Gasteiger charge is 2.46. The minimum Gasteiger partial charge on any atom is -0.491 e. The number of benzene rings is 1. The third-order valence-electron chi connectivity index (χ3n) is 5.14. The van der Waals surface area contributed by atoms with Gasteiger partial charge in [0.1, 0.15) is 36.8 Å². The van der Waals surface area contributed by atoms with Gasteiger partial charge >= 0.3 is 6.16 Å². The van der Waals surface area contributed by atoms with Crippen molar-refractivity contribution in [1.82, 2.24) is 10.2 Å². The third-order valence-corrected chi connectivity index (χ3v) is 5.14. The molecule has 11 nitrogen and oxygen atoms in total. The molecule has 2 aromatic rings. The predicted molar refractivity (Wildman–Crippen MR) is 114 cm³/mol. The van der Waals surface area contributed by atoms with Crippen LogP contribution in [0.15, 0.2) is 24.3 Å². The van der Waals surface area contributed by atoms with E-state index in [2.05, 4.69) is 14.9 Å². The maximum Gasteiger partial charge on any atom is 0.508 e. The first-order chi connectivity index (χ1) is 15.7. The van der Waals surface area contributed by atoms with Gasteiger partial charge in [-0.05, 0) is 38.5 Å². The van der Waals surface area contributed by atoms with E-state index < -0.39 is 43.5 Å². The monoisotopic (exact) mass is 466 g/mol. The Morgan fingerprint density at radius 1 is 1.15 bits per heavy atom. The summed E-state index contributed by atoms with van der Waals surface area (Å²) in [6, 6.07) is 7.62. The number of nitrogens with one attached hydrogen (secondary N) is 1. The minimum absolute atomic E-state index is 0.0737. The number of carbonyl (C=O) groups is 1. The molecule has 1 saturated heterocycles. The molecular formula is C22H30N2O9. The van der Waals surface area contributed by atoms with Crippen molar-refractivity contribution in [3.8, 4) is 11.6 Å². The molecule has 1 aromatic heterocycles. The van der Waals surface area contributed by atoms with Gasteiger partial charge in [-0.1, -0.05) is 12.1 Å². The Hall–Kier alpha value is -2.86. The van der Waals surface area contributed by atoms with E-state index in [1.165, 1.54) is 0 Å². The molecule has 0 bridgehead atoms. The number of hydrogen-bond acceptors (Lipinski definition) is 10. The number of rotatable bonds is 8. The Labute approximate surface area is 191 Å². The Kier molecular flexibility index (Phi) is 8.14. The number of ether oxygens (including phenoxy) is 5. The maximum atomic E-state index is 11.2. The fourth-order valence-electron chi connectivity index (χ4n) is 3.37. The van der Waals surface area contributed by atoms with Gasteiger partial charge in [0, 0.05) is 17.7 Å². The van der Waals surface area contributed by atoms with Gasteiger partial charge in [0.2, 0.25) is 12.2 Å². The number of methoxy groups -OCH3 is 1. The fourth-order valence-corrected chi connectivity index (χ4v) is 3.37. The molecule has 182 valence electrons. The van der Waals surface area contributed by atoms with Gasteiger partial charge in [-0.3, -0.25) is 5.10 Å². The van der Waals surface area contributed by atoms with Gasteiger partial charge in [-0.15, -0.1) is 5.10 Å². The molecule has 33 heavy (non-hydrogen) atoms. The second-order valence-corrected chi connectivity index (χ2v) is 8.02. The summed E-state index contributed by atoms with van der Waals surface area (Å²) in [7, 11) is 1.14. The Balaban J connectivity index is 1.71. The molecular weight excluding hydrogens is 436 g/mol. The zero-order valence-corrected chi connectivity index (χ0v) is 18.9. The first-order valence-electron chi connectivity index (χ1n) is 10.6. The van der Waals surface area contributed by atoms with Crippen LogP contribution in [0.25, 0.3) is 0 Å². The third kappa shape index (κ3) is 6.14. The molecule has 4 N–H and O–H groups in total. The van der Waals surface area contributed by atoms with Crippen molar-refractivity contribution in [3.05, 3.63) is 41.1 Å². The van der Waals surface area contributed by atoms with E-state index in [-0.39, 0.29) is 12.0 Å². The summed E-state index contributed by atoms with van der Waals surface area (Å²) in [4.78, 5) is 11.2. The van der Waals surface area contributed by atoms with Gasteiger partial charge in [0.05, 0.1) is 13.2 Å². The lowest BCUT2D eigenvalue weighted by Gasteiger charge is -2.39. The molecule has 0 spiro atoms. The van der Waals surface area contributed by atoms with Gasteiger partial charge < -0.3 is 39.0 Å². The molecule has 1 fully saturated rings. The SMILES string of the molecule is COC(=O)OC[C@H]1OC(Oc2n[nH]c(C)c2Cc2ccc(OC(C)C)cc2)[C@H](O)[C@@H](O)[C@@H]1O. The van der Waals surface area contributed by atoms with Gasteiger partial charge in [-0.25, -0.2) is 4.79 Å². The molecule has 0 radical (unpaired) electrons. The number of nitrogens with zero attached hydrogens (tertiary/aromatic N) is 1. The largest absolute Gasteiger partial charge is 0.508 e. The van der Waals surface area contributed by atoms with E-state index in [0.717, 1.165) is 29.7 Å². The first kappa shape index (κ1) is 24.8. The fraction of sp³-hybridized carbons (Fsp3) is 0.545. The quantitative estimate of drug-likeness (QED) is 0.416. The van der Waals surface area contributed by atoms with Crippen LogP contribution in [0.5, 0.6) is 11.6 Å². The summed E-state index contributed by atoms with van der Waals surface area (Å²) in [5.74, 6) is 0.941. The number of aliphatic hydroxyl groups is 3. The van der Waals surface area contributed by atoms with E-state index in [4.69, 9.17) is 18.9 Å². The molecule has 0 aliphatic carbocycles. The number of aromatic amines is 1. The van der Waals surface area contributed by atoms with Crippen LogP contribution in [-0.2, 0) is 20.6 Å². The van der Waals surface area contributed by atoms with E-state index in [1.54, 1.807) is 0 Å². The summed E-state index contributed by atoms with van der Waals surface area (Å²) in [6.45, 7) is 5.33. The lowest BCUT2D eigenvalue weighted by molar-refractivity contribution is -0.278. The van der Waals surface area contributed by atoms with Crippen LogP contribution >= 0.6 is 0 Å². The molecule has 3 rings (SSSR count). The summed E-state index contributed by atoms with van der Waals surface area (Å²) < 4.78 is 26.2. The summed E-state index contributed by atoms with van der Waals surface area (Å²) in [5, 5.41) is 37.7. The molecule has 0 amide bonds. The topological polar surface area (TPSA) is 153 Å². The maximum absolute atomic E-state index is 11.2. The van der Waals surface area contributed by atoms with Crippen LogP contribution in [-0.4, -0.2) is 82.2 Å². The van der Waals surface area contributed by atoms with Crippen LogP contribution in [0.4, 0.5) is 4.79 Å². The van der Waals surface area contributed by atoms with Crippen LogP contribution < -0.4 is 9.47 Å².